The number of amides is 1. The minimum Gasteiger partial charge on any atom is -0.352 e. The van der Waals surface area contributed by atoms with Crippen LogP contribution in [-0.2, 0) is 4.79 Å². The van der Waals surface area contributed by atoms with Gasteiger partial charge < -0.3 is 10.2 Å². The number of likely N-dealkylation sites (N-methyl/N-ethyl adjacent to an activating group) is 1. The first-order valence-corrected chi connectivity index (χ1v) is 7.34. The lowest BCUT2D eigenvalue weighted by atomic mass is 10.2. The zero-order valence-electron chi connectivity index (χ0n) is 11.6. The molecule has 5 heteroatoms. The van der Waals surface area contributed by atoms with Gasteiger partial charge in [-0.2, -0.15) is 0 Å². The summed E-state index contributed by atoms with van der Waals surface area (Å²) in [5.74, 6) is 0.112. The van der Waals surface area contributed by atoms with Crippen LogP contribution in [0.5, 0.6) is 0 Å². The van der Waals surface area contributed by atoms with Crippen LogP contribution in [0.4, 0.5) is 5.13 Å². The first kappa shape index (κ1) is 13.8. The monoisotopic (exact) mass is 277 g/mol. The highest BCUT2D eigenvalue weighted by Gasteiger charge is 2.10. The molecule has 0 atom stereocenters. The van der Waals surface area contributed by atoms with Gasteiger partial charge in [-0.3, -0.25) is 4.79 Å². The van der Waals surface area contributed by atoms with Gasteiger partial charge in [-0.15, -0.1) is 0 Å². The van der Waals surface area contributed by atoms with Crippen LogP contribution in [-0.4, -0.2) is 35.4 Å². The number of fused-ring (bicyclic) bond motifs is 1. The topological polar surface area (TPSA) is 45.2 Å². The number of carbonyl (C=O) groups excluding carboxylic acids is 1. The number of nitrogens with one attached hydrogen (secondary N) is 1. The van der Waals surface area contributed by atoms with E-state index in [9.17, 15) is 4.79 Å². The van der Waals surface area contributed by atoms with Gasteiger partial charge in [0.2, 0.25) is 5.91 Å². The maximum Gasteiger partial charge on any atom is 0.241 e. The van der Waals surface area contributed by atoms with Gasteiger partial charge in [-0.05, 0) is 38.5 Å². The van der Waals surface area contributed by atoms with Gasteiger partial charge in [0, 0.05) is 13.1 Å². The van der Waals surface area contributed by atoms with Crippen molar-refractivity contribution in [3.8, 4) is 0 Å². The number of rotatable bonds is 5. The molecule has 2 aromatic rings. The number of hydrogen-bond acceptors (Lipinski definition) is 4. The molecule has 1 heterocycles. The van der Waals surface area contributed by atoms with E-state index in [-0.39, 0.29) is 5.91 Å². The van der Waals surface area contributed by atoms with Gasteiger partial charge in [-0.1, -0.05) is 17.4 Å². The predicted molar refractivity (Wildman–Crippen MR) is 80.8 cm³/mol. The molecule has 1 aromatic carbocycles. The predicted octanol–water partition coefficient (Wildman–Crippen LogP) is 2.89. The summed E-state index contributed by atoms with van der Waals surface area (Å²) in [6, 6.07) is 6.18. The summed E-state index contributed by atoms with van der Waals surface area (Å²) >= 11 is 1.59. The number of benzene rings is 1. The molecule has 0 spiro atoms. The van der Waals surface area contributed by atoms with Crippen LogP contribution in [0.3, 0.4) is 0 Å². The van der Waals surface area contributed by atoms with Gasteiger partial charge in [0.15, 0.2) is 5.13 Å². The van der Waals surface area contributed by atoms with E-state index < -0.39 is 0 Å². The Balaban J connectivity index is 2.03. The average Bonchev–Trinajstić information content (AvgIpc) is 2.79. The summed E-state index contributed by atoms with van der Waals surface area (Å²) in [5, 5.41) is 3.93. The van der Waals surface area contributed by atoms with Crippen LogP contribution in [0.15, 0.2) is 18.2 Å². The van der Waals surface area contributed by atoms with E-state index in [2.05, 4.69) is 23.3 Å². The zero-order chi connectivity index (χ0) is 13.8. The molecule has 0 aliphatic rings. The normalized spacial score (nSPS) is 10.7. The average molecular weight is 277 g/mol. The molecular weight excluding hydrogens is 258 g/mol. The third kappa shape index (κ3) is 3.23. The van der Waals surface area contributed by atoms with Crippen LogP contribution in [0, 0.1) is 6.92 Å². The fraction of sp³-hybridized carbons (Fsp3) is 0.429. The number of hydrogen-bond donors (Lipinski definition) is 1. The highest BCUT2D eigenvalue weighted by molar-refractivity contribution is 7.22. The molecule has 1 N–H and O–H groups in total. The van der Waals surface area contributed by atoms with Crippen LogP contribution < -0.4 is 5.32 Å². The summed E-state index contributed by atoms with van der Waals surface area (Å²) in [7, 11) is 0. The van der Waals surface area contributed by atoms with Gasteiger partial charge in [0.05, 0.1) is 16.8 Å². The number of thiazole rings is 1. The van der Waals surface area contributed by atoms with Crippen molar-refractivity contribution in [2.24, 2.45) is 0 Å². The van der Waals surface area contributed by atoms with Gasteiger partial charge in [0.25, 0.3) is 0 Å². The number of carbonyl (C=O) groups is 1. The minimum absolute atomic E-state index is 0.112. The van der Waals surface area contributed by atoms with E-state index in [1.165, 1.54) is 5.56 Å². The lowest BCUT2D eigenvalue weighted by molar-refractivity contribution is -0.128. The molecular formula is C14H19N3OS. The van der Waals surface area contributed by atoms with E-state index >= 15 is 0 Å². The summed E-state index contributed by atoms with van der Waals surface area (Å²) in [4.78, 5) is 18.2. The number of aromatic nitrogens is 1. The van der Waals surface area contributed by atoms with Crippen molar-refractivity contribution in [3.63, 3.8) is 0 Å². The summed E-state index contributed by atoms with van der Waals surface area (Å²) in [6.07, 6.45) is 0. The Hall–Kier alpha value is -1.62. The van der Waals surface area contributed by atoms with Crippen molar-refractivity contribution in [1.29, 1.82) is 0 Å². The van der Waals surface area contributed by atoms with Gasteiger partial charge in [-0.25, -0.2) is 4.98 Å². The van der Waals surface area contributed by atoms with Crippen LogP contribution >= 0.6 is 11.3 Å². The van der Waals surface area contributed by atoms with E-state index in [1.54, 1.807) is 11.3 Å². The standard InChI is InChI=1S/C14H19N3OS/c1-4-17(5-2)13(18)9-15-14-16-11-7-6-10(3)8-12(11)19-14/h6-8H,4-5,9H2,1-3H3,(H,15,16). The number of aryl methyl sites for hydroxylation is 1. The molecule has 0 aliphatic carbocycles. The lowest BCUT2D eigenvalue weighted by Gasteiger charge is -2.18. The van der Waals surface area contributed by atoms with Crippen molar-refractivity contribution in [2.45, 2.75) is 20.8 Å². The molecule has 2 rings (SSSR count). The second kappa shape index (κ2) is 6.02. The maximum absolute atomic E-state index is 11.9. The Kier molecular flexibility index (Phi) is 4.37. The number of anilines is 1. The van der Waals surface area contributed by atoms with Crippen molar-refractivity contribution >= 4 is 32.6 Å². The Labute approximate surface area is 117 Å². The van der Waals surface area contributed by atoms with E-state index in [1.807, 2.05) is 30.9 Å². The highest BCUT2D eigenvalue weighted by atomic mass is 32.1. The van der Waals surface area contributed by atoms with E-state index in [0.717, 1.165) is 28.4 Å². The Morgan fingerprint density at radius 3 is 2.79 bits per heavy atom. The number of nitrogens with zero attached hydrogens (tertiary/aromatic N) is 2. The fourth-order valence-electron chi connectivity index (χ4n) is 1.95. The Morgan fingerprint density at radius 1 is 1.37 bits per heavy atom. The lowest BCUT2D eigenvalue weighted by Crippen LogP contribution is -2.35. The van der Waals surface area contributed by atoms with Crippen molar-refractivity contribution in [2.75, 3.05) is 25.0 Å². The van der Waals surface area contributed by atoms with Gasteiger partial charge in [0.1, 0.15) is 0 Å². The second-order valence-corrected chi connectivity index (χ2v) is 5.44. The molecule has 4 nitrogen and oxygen atoms in total. The smallest absolute Gasteiger partial charge is 0.241 e. The van der Waals surface area contributed by atoms with E-state index in [0.29, 0.717) is 6.54 Å². The van der Waals surface area contributed by atoms with Gasteiger partial charge >= 0.3 is 0 Å². The molecule has 0 aliphatic heterocycles. The molecule has 1 aromatic heterocycles. The molecule has 1 amide bonds. The second-order valence-electron chi connectivity index (χ2n) is 4.41. The molecule has 0 radical (unpaired) electrons. The van der Waals surface area contributed by atoms with E-state index in [4.69, 9.17) is 0 Å². The molecule has 19 heavy (non-hydrogen) atoms. The van der Waals surface area contributed by atoms with Crippen molar-refractivity contribution < 1.29 is 4.79 Å². The molecule has 0 saturated carbocycles. The zero-order valence-corrected chi connectivity index (χ0v) is 12.4. The SMILES string of the molecule is CCN(CC)C(=O)CNc1nc2ccc(C)cc2s1. The maximum atomic E-state index is 11.9. The summed E-state index contributed by atoms with van der Waals surface area (Å²) in [6.45, 7) is 7.84. The molecule has 0 bridgehead atoms. The first-order chi connectivity index (χ1) is 9.13. The Morgan fingerprint density at radius 2 is 2.11 bits per heavy atom. The fourth-order valence-corrected chi connectivity index (χ4v) is 2.91. The summed E-state index contributed by atoms with van der Waals surface area (Å²) < 4.78 is 1.15. The Bertz CT molecular complexity index is 575. The third-order valence-electron chi connectivity index (χ3n) is 3.05. The highest BCUT2D eigenvalue weighted by Crippen LogP contribution is 2.26. The molecule has 0 fully saturated rings. The summed E-state index contributed by atoms with van der Waals surface area (Å²) in [5.41, 5.74) is 2.20. The third-order valence-corrected chi connectivity index (χ3v) is 4.03. The van der Waals surface area contributed by atoms with Crippen LogP contribution in [0.1, 0.15) is 19.4 Å². The van der Waals surface area contributed by atoms with Crippen LogP contribution in [0.2, 0.25) is 0 Å². The van der Waals surface area contributed by atoms with Crippen LogP contribution in [0.25, 0.3) is 10.2 Å². The molecule has 0 unspecified atom stereocenters. The minimum atomic E-state index is 0.112. The van der Waals surface area contributed by atoms with Crippen molar-refractivity contribution in [3.05, 3.63) is 23.8 Å². The molecule has 102 valence electrons. The molecule has 0 saturated heterocycles. The van der Waals surface area contributed by atoms with Crippen molar-refractivity contribution in [1.82, 2.24) is 9.88 Å². The quantitative estimate of drug-likeness (QED) is 0.914. The first-order valence-electron chi connectivity index (χ1n) is 6.53. The largest absolute Gasteiger partial charge is 0.352 e.